The van der Waals surface area contributed by atoms with Crippen LogP contribution in [0.25, 0.3) is 0 Å². The van der Waals surface area contributed by atoms with Crippen LogP contribution in [0.5, 0.6) is 0 Å². The second-order valence-electron chi connectivity index (χ2n) is 8.68. The Hall–Kier alpha value is -0.770. The lowest BCUT2D eigenvalue weighted by Crippen LogP contribution is -2.53. The zero-order valence-corrected chi connectivity index (χ0v) is 14.7. The molecule has 0 aromatic rings. The van der Waals surface area contributed by atoms with Crippen LogP contribution in [0.1, 0.15) is 72.6 Å². The summed E-state index contributed by atoms with van der Waals surface area (Å²) in [6.45, 7) is 9.31. The molecule has 2 saturated heterocycles. The number of piperidine rings is 1. The molecule has 3 fully saturated rings. The van der Waals surface area contributed by atoms with Gasteiger partial charge in [0.15, 0.2) is 0 Å². The third kappa shape index (κ3) is 3.42. The lowest BCUT2D eigenvalue weighted by atomic mass is 9.96. The number of hydrogen-bond donors (Lipinski definition) is 1. The van der Waals surface area contributed by atoms with E-state index in [1.165, 1.54) is 25.8 Å². The van der Waals surface area contributed by atoms with Crippen molar-refractivity contribution in [2.45, 2.75) is 96.4 Å². The summed E-state index contributed by atoms with van der Waals surface area (Å²) in [6, 6.07) is 1.34. The van der Waals surface area contributed by atoms with Crippen LogP contribution in [0.15, 0.2) is 0 Å². The van der Waals surface area contributed by atoms with Crippen LogP contribution in [-0.2, 0) is 4.74 Å². The summed E-state index contributed by atoms with van der Waals surface area (Å²) >= 11 is 0. The normalized spacial score (nSPS) is 32.9. The molecule has 1 amide bonds. The maximum Gasteiger partial charge on any atom is 0.410 e. The van der Waals surface area contributed by atoms with Gasteiger partial charge in [-0.3, -0.25) is 0 Å². The van der Waals surface area contributed by atoms with Gasteiger partial charge in [0.25, 0.3) is 0 Å². The van der Waals surface area contributed by atoms with Gasteiger partial charge in [-0.2, -0.15) is 0 Å². The van der Waals surface area contributed by atoms with Crippen LogP contribution in [0.3, 0.4) is 0 Å². The van der Waals surface area contributed by atoms with Crippen LogP contribution in [0.2, 0.25) is 0 Å². The molecule has 2 unspecified atom stereocenters. The number of nitrogens with zero attached hydrogens (tertiary/aromatic N) is 1. The van der Waals surface area contributed by atoms with Crippen LogP contribution < -0.4 is 5.32 Å². The van der Waals surface area contributed by atoms with Crippen molar-refractivity contribution < 1.29 is 9.53 Å². The van der Waals surface area contributed by atoms with Crippen LogP contribution >= 0.6 is 0 Å². The van der Waals surface area contributed by atoms with Gasteiger partial charge in [-0.05, 0) is 71.1 Å². The first-order chi connectivity index (χ1) is 10.3. The van der Waals surface area contributed by atoms with Gasteiger partial charge in [0, 0.05) is 24.7 Å². The van der Waals surface area contributed by atoms with E-state index in [0.717, 1.165) is 25.7 Å². The highest BCUT2D eigenvalue weighted by atomic mass is 16.6. The SMILES string of the molecule is CCC1(CNC2CC3CCC(C2)N3C(=O)OC(C)(C)C)CC1. The monoisotopic (exact) mass is 308 g/mol. The Morgan fingerprint density at radius 1 is 1.23 bits per heavy atom. The van der Waals surface area contributed by atoms with E-state index in [1.807, 2.05) is 25.7 Å². The Balaban J connectivity index is 1.54. The highest BCUT2D eigenvalue weighted by Crippen LogP contribution is 2.48. The van der Waals surface area contributed by atoms with Crippen molar-refractivity contribution >= 4 is 6.09 Å². The molecular formula is C18H32N2O2. The predicted octanol–water partition coefficient (Wildman–Crippen LogP) is 3.70. The average Bonchev–Trinajstić information content (AvgIpc) is 3.15. The van der Waals surface area contributed by atoms with Crippen molar-refractivity contribution in [3.05, 3.63) is 0 Å². The number of carbonyl (C=O) groups excluding carboxylic acids is 1. The molecule has 22 heavy (non-hydrogen) atoms. The van der Waals surface area contributed by atoms with Crippen molar-refractivity contribution in [1.29, 1.82) is 0 Å². The minimum Gasteiger partial charge on any atom is -0.444 e. The predicted molar refractivity (Wildman–Crippen MR) is 87.9 cm³/mol. The van der Waals surface area contributed by atoms with Crippen LogP contribution in [-0.4, -0.2) is 41.3 Å². The number of hydrogen-bond acceptors (Lipinski definition) is 3. The number of rotatable bonds is 4. The topological polar surface area (TPSA) is 41.6 Å². The molecule has 0 radical (unpaired) electrons. The van der Waals surface area contributed by atoms with Crippen LogP contribution in [0, 0.1) is 5.41 Å². The van der Waals surface area contributed by atoms with Crippen molar-refractivity contribution in [1.82, 2.24) is 10.2 Å². The van der Waals surface area contributed by atoms with Gasteiger partial charge >= 0.3 is 6.09 Å². The number of amides is 1. The first kappa shape index (κ1) is 16.1. The van der Waals surface area contributed by atoms with Gasteiger partial charge in [0.05, 0.1) is 0 Å². The van der Waals surface area contributed by atoms with E-state index in [-0.39, 0.29) is 6.09 Å². The molecule has 126 valence electrons. The quantitative estimate of drug-likeness (QED) is 0.861. The molecule has 4 nitrogen and oxygen atoms in total. The fourth-order valence-corrected chi connectivity index (χ4v) is 4.15. The Labute approximate surface area is 135 Å². The number of carbonyl (C=O) groups is 1. The lowest BCUT2D eigenvalue weighted by molar-refractivity contribution is 0.00452. The molecule has 2 bridgehead atoms. The second-order valence-corrected chi connectivity index (χ2v) is 8.68. The molecule has 4 heteroatoms. The maximum absolute atomic E-state index is 12.4. The van der Waals surface area contributed by atoms with E-state index in [1.54, 1.807) is 0 Å². The molecule has 3 rings (SSSR count). The molecule has 2 heterocycles. The van der Waals surface area contributed by atoms with Crippen molar-refractivity contribution in [3.63, 3.8) is 0 Å². The van der Waals surface area contributed by atoms with Gasteiger partial charge in [0.2, 0.25) is 0 Å². The van der Waals surface area contributed by atoms with E-state index in [0.29, 0.717) is 23.5 Å². The second kappa shape index (κ2) is 5.70. The Morgan fingerprint density at radius 2 is 1.82 bits per heavy atom. The smallest absolute Gasteiger partial charge is 0.410 e. The highest BCUT2D eigenvalue weighted by molar-refractivity contribution is 5.69. The van der Waals surface area contributed by atoms with Gasteiger partial charge in [0.1, 0.15) is 5.60 Å². The van der Waals surface area contributed by atoms with E-state index in [2.05, 4.69) is 12.2 Å². The zero-order valence-electron chi connectivity index (χ0n) is 14.7. The summed E-state index contributed by atoms with van der Waals surface area (Å²) in [7, 11) is 0. The third-order valence-corrected chi connectivity index (χ3v) is 5.81. The molecule has 1 N–H and O–H groups in total. The van der Waals surface area contributed by atoms with E-state index in [4.69, 9.17) is 4.74 Å². The first-order valence-corrected chi connectivity index (χ1v) is 9.07. The Morgan fingerprint density at radius 3 is 2.27 bits per heavy atom. The fourth-order valence-electron chi connectivity index (χ4n) is 4.15. The largest absolute Gasteiger partial charge is 0.444 e. The molecule has 0 spiro atoms. The minimum atomic E-state index is -0.398. The van der Waals surface area contributed by atoms with Gasteiger partial charge in [-0.15, -0.1) is 0 Å². The summed E-state index contributed by atoms with van der Waals surface area (Å²) in [5, 5.41) is 3.81. The first-order valence-electron chi connectivity index (χ1n) is 9.07. The van der Waals surface area contributed by atoms with Gasteiger partial charge in [-0.1, -0.05) is 6.92 Å². The zero-order chi connectivity index (χ0) is 16.0. The van der Waals surface area contributed by atoms with Crippen LogP contribution in [0.4, 0.5) is 4.79 Å². The van der Waals surface area contributed by atoms with Crippen molar-refractivity contribution in [2.24, 2.45) is 5.41 Å². The summed E-state index contributed by atoms with van der Waals surface area (Å²) in [5.41, 5.74) is 0.201. The van der Waals surface area contributed by atoms with E-state index in [9.17, 15) is 4.79 Å². The molecule has 1 saturated carbocycles. The minimum absolute atomic E-state index is 0.106. The molecule has 0 aromatic carbocycles. The number of fused-ring (bicyclic) bond motifs is 2. The molecule has 0 aromatic heterocycles. The van der Waals surface area contributed by atoms with E-state index >= 15 is 0 Å². The lowest BCUT2D eigenvalue weighted by Gasteiger charge is -2.40. The molecular weight excluding hydrogens is 276 g/mol. The fraction of sp³-hybridized carbons (Fsp3) is 0.944. The number of ether oxygens (including phenoxy) is 1. The highest BCUT2D eigenvalue weighted by Gasteiger charge is 2.46. The molecule has 3 aliphatic rings. The molecule has 2 aliphatic heterocycles. The summed E-state index contributed by atoms with van der Waals surface area (Å²) in [6.07, 6.45) is 8.43. The Kier molecular flexibility index (Phi) is 4.17. The maximum atomic E-state index is 12.4. The Bertz CT molecular complexity index is 411. The van der Waals surface area contributed by atoms with Gasteiger partial charge in [-0.25, -0.2) is 4.79 Å². The standard InChI is InChI=1S/C18H32N2O2/c1-5-18(8-9-18)12-19-13-10-14-6-7-15(11-13)20(14)16(21)22-17(2,3)4/h13-15,19H,5-12H2,1-4H3. The third-order valence-electron chi connectivity index (χ3n) is 5.81. The summed E-state index contributed by atoms with van der Waals surface area (Å²) in [4.78, 5) is 14.5. The molecule has 2 atom stereocenters. The summed E-state index contributed by atoms with van der Waals surface area (Å²) < 4.78 is 5.60. The van der Waals surface area contributed by atoms with Crippen molar-refractivity contribution in [3.8, 4) is 0 Å². The van der Waals surface area contributed by atoms with E-state index < -0.39 is 5.60 Å². The average molecular weight is 308 g/mol. The van der Waals surface area contributed by atoms with Gasteiger partial charge < -0.3 is 15.0 Å². The van der Waals surface area contributed by atoms with Crippen molar-refractivity contribution in [2.75, 3.05) is 6.54 Å². The number of nitrogens with one attached hydrogen (secondary N) is 1. The molecule has 1 aliphatic carbocycles. The summed E-state index contributed by atoms with van der Waals surface area (Å²) in [5.74, 6) is 0.